The first-order chi connectivity index (χ1) is 9.06. The maximum atomic E-state index is 12.1. The Balaban J connectivity index is 2.51. The molecule has 1 aliphatic heterocycles. The van der Waals surface area contributed by atoms with Crippen molar-refractivity contribution in [2.24, 2.45) is 0 Å². The standard InChI is InChI=1S/C14H21NO3S/c1-2-9-15-14(7-10-16)8-11-19(17,18)13-6-4-3-5-12(13)14/h3-6,15-16H,2,7-11H2,1H3. The molecule has 1 atom stereocenters. The third-order valence-corrected chi connectivity index (χ3v) is 5.55. The van der Waals surface area contributed by atoms with Crippen LogP contribution in [0.5, 0.6) is 0 Å². The van der Waals surface area contributed by atoms with Gasteiger partial charge in [0.1, 0.15) is 0 Å². The predicted molar refractivity (Wildman–Crippen MR) is 74.8 cm³/mol. The molecule has 19 heavy (non-hydrogen) atoms. The zero-order valence-corrected chi connectivity index (χ0v) is 12.0. The maximum Gasteiger partial charge on any atom is 0.178 e. The minimum absolute atomic E-state index is 0.0467. The van der Waals surface area contributed by atoms with E-state index in [9.17, 15) is 13.5 Å². The lowest BCUT2D eigenvalue weighted by Gasteiger charge is -2.39. The van der Waals surface area contributed by atoms with E-state index in [0.717, 1.165) is 18.5 Å². The average molecular weight is 283 g/mol. The zero-order valence-electron chi connectivity index (χ0n) is 11.2. The molecule has 0 saturated heterocycles. The number of rotatable bonds is 5. The van der Waals surface area contributed by atoms with Crippen molar-refractivity contribution in [3.63, 3.8) is 0 Å². The summed E-state index contributed by atoms with van der Waals surface area (Å²) >= 11 is 0. The number of benzene rings is 1. The second-order valence-electron chi connectivity index (χ2n) is 5.05. The second kappa shape index (κ2) is 5.61. The fourth-order valence-electron chi connectivity index (χ4n) is 2.77. The topological polar surface area (TPSA) is 66.4 Å². The van der Waals surface area contributed by atoms with Crippen LogP contribution in [0.2, 0.25) is 0 Å². The molecule has 0 fully saturated rings. The van der Waals surface area contributed by atoms with Crippen molar-refractivity contribution >= 4 is 9.84 Å². The molecule has 0 spiro atoms. The highest BCUT2D eigenvalue weighted by Gasteiger charge is 2.40. The van der Waals surface area contributed by atoms with Gasteiger partial charge in [0.05, 0.1) is 10.6 Å². The predicted octanol–water partition coefficient (Wildman–Crippen LogP) is 1.44. The minimum Gasteiger partial charge on any atom is -0.396 e. The van der Waals surface area contributed by atoms with E-state index in [1.807, 2.05) is 12.1 Å². The largest absolute Gasteiger partial charge is 0.396 e. The van der Waals surface area contributed by atoms with E-state index in [1.54, 1.807) is 12.1 Å². The Hall–Kier alpha value is -0.910. The Morgan fingerprint density at radius 3 is 2.79 bits per heavy atom. The van der Waals surface area contributed by atoms with Crippen LogP contribution in [0.3, 0.4) is 0 Å². The molecule has 106 valence electrons. The van der Waals surface area contributed by atoms with Crippen molar-refractivity contribution in [2.75, 3.05) is 18.9 Å². The molecule has 1 unspecified atom stereocenters. The van der Waals surface area contributed by atoms with Crippen LogP contribution in [-0.4, -0.2) is 32.4 Å². The van der Waals surface area contributed by atoms with Crippen LogP contribution in [0.1, 0.15) is 31.7 Å². The smallest absolute Gasteiger partial charge is 0.178 e. The van der Waals surface area contributed by atoms with Gasteiger partial charge in [-0.2, -0.15) is 0 Å². The number of nitrogens with one attached hydrogen (secondary N) is 1. The number of hydrogen-bond acceptors (Lipinski definition) is 4. The third-order valence-electron chi connectivity index (χ3n) is 3.79. The van der Waals surface area contributed by atoms with Crippen LogP contribution >= 0.6 is 0 Å². The van der Waals surface area contributed by atoms with Gasteiger partial charge in [0.25, 0.3) is 0 Å². The molecule has 0 amide bonds. The molecular formula is C14H21NO3S. The Bertz CT molecular complexity index is 541. The lowest BCUT2D eigenvalue weighted by atomic mass is 9.83. The highest BCUT2D eigenvalue weighted by molar-refractivity contribution is 7.91. The monoisotopic (exact) mass is 283 g/mol. The van der Waals surface area contributed by atoms with Gasteiger partial charge in [-0.25, -0.2) is 8.42 Å². The second-order valence-corrected chi connectivity index (χ2v) is 7.13. The third kappa shape index (κ3) is 2.68. The summed E-state index contributed by atoms with van der Waals surface area (Å²) in [5, 5.41) is 12.8. The first kappa shape index (κ1) is 14.5. The molecule has 0 saturated carbocycles. The minimum atomic E-state index is -3.18. The lowest BCUT2D eigenvalue weighted by molar-refractivity contribution is 0.199. The van der Waals surface area contributed by atoms with Crippen LogP contribution in [0, 0.1) is 0 Å². The van der Waals surface area contributed by atoms with Crippen molar-refractivity contribution in [2.45, 2.75) is 36.6 Å². The number of hydrogen-bond donors (Lipinski definition) is 2. The highest BCUT2D eigenvalue weighted by atomic mass is 32.2. The van der Waals surface area contributed by atoms with Gasteiger partial charge in [0.15, 0.2) is 9.84 Å². The van der Waals surface area contributed by atoms with Crippen LogP contribution in [0.25, 0.3) is 0 Å². The van der Waals surface area contributed by atoms with E-state index in [4.69, 9.17) is 0 Å². The molecular weight excluding hydrogens is 262 g/mol. The molecule has 1 aromatic carbocycles. The van der Waals surface area contributed by atoms with Gasteiger partial charge in [-0.05, 0) is 37.4 Å². The summed E-state index contributed by atoms with van der Waals surface area (Å²) in [5.74, 6) is 0.140. The van der Waals surface area contributed by atoms with Gasteiger partial charge in [-0.15, -0.1) is 0 Å². The van der Waals surface area contributed by atoms with Crippen molar-refractivity contribution in [1.29, 1.82) is 0 Å². The summed E-state index contributed by atoms with van der Waals surface area (Å²) in [7, 11) is -3.18. The molecule has 0 aliphatic carbocycles. The summed E-state index contributed by atoms with van der Waals surface area (Å²) < 4.78 is 24.3. The van der Waals surface area contributed by atoms with Crippen LogP contribution in [0.15, 0.2) is 29.2 Å². The summed E-state index contributed by atoms with van der Waals surface area (Å²) in [6.07, 6.45) is 2.04. The molecule has 1 aliphatic rings. The normalized spacial score (nSPS) is 24.9. The molecule has 2 N–H and O–H groups in total. The molecule has 4 nitrogen and oxygen atoms in total. The molecule has 5 heteroatoms. The molecule has 0 radical (unpaired) electrons. The SMILES string of the molecule is CCCNC1(CCO)CCS(=O)(=O)c2ccccc21. The van der Waals surface area contributed by atoms with Crippen molar-refractivity contribution in [3.05, 3.63) is 29.8 Å². The van der Waals surface area contributed by atoms with E-state index in [0.29, 0.717) is 17.7 Å². The average Bonchev–Trinajstić information content (AvgIpc) is 2.41. The summed E-state index contributed by atoms with van der Waals surface area (Å²) in [6.45, 7) is 2.94. The van der Waals surface area contributed by atoms with Gasteiger partial charge >= 0.3 is 0 Å². The van der Waals surface area contributed by atoms with E-state index in [2.05, 4.69) is 12.2 Å². The molecule has 2 rings (SSSR count). The number of aliphatic hydroxyl groups is 1. The van der Waals surface area contributed by atoms with Gasteiger partial charge < -0.3 is 10.4 Å². The highest BCUT2D eigenvalue weighted by Crippen LogP contribution is 2.39. The van der Waals surface area contributed by atoms with Crippen molar-refractivity contribution in [3.8, 4) is 0 Å². The number of sulfone groups is 1. The molecule has 0 aromatic heterocycles. The number of aliphatic hydroxyl groups excluding tert-OH is 1. The fourth-order valence-corrected chi connectivity index (χ4v) is 4.49. The molecule has 1 heterocycles. The van der Waals surface area contributed by atoms with Crippen molar-refractivity contribution < 1.29 is 13.5 Å². The van der Waals surface area contributed by atoms with Crippen LogP contribution in [0.4, 0.5) is 0 Å². The maximum absolute atomic E-state index is 12.1. The van der Waals surface area contributed by atoms with Crippen LogP contribution < -0.4 is 5.32 Å². The first-order valence-corrected chi connectivity index (χ1v) is 8.39. The molecule has 0 bridgehead atoms. The van der Waals surface area contributed by atoms with Crippen LogP contribution in [-0.2, 0) is 15.4 Å². The van der Waals surface area contributed by atoms with E-state index in [1.165, 1.54) is 0 Å². The Morgan fingerprint density at radius 1 is 1.37 bits per heavy atom. The van der Waals surface area contributed by atoms with E-state index >= 15 is 0 Å². The number of fused-ring (bicyclic) bond motifs is 1. The summed E-state index contributed by atoms with van der Waals surface area (Å²) in [4.78, 5) is 0.415. The zero-order chi connectivity index (χ0) is 13.9. The van der Waals surface area contributed by atoms with E-state index < -0.39 is 15.4 Å². The Labute approximate surface area is 114 Å². The van der Waals surface area contributed by atoms with Crippen molar-refractivity contribution in [1.82, 2.24) is 5.32 Å². The summed E-state index contributed by atoms with van der Waals surface area (Å²) in [5.41, 5.74) is 0.399. The van der Waals surface area contributed by atoms with Gasteiger partial charge in [-0.3, -0.25) is 0 Å². The lowest BCUT2D eigenvalue weighted by Crippen LogP contribution is -2.48. The first-order valence-electron chi connectivity index (χ1n) is 6.74. The van der Waals surface area contributed by atoms with Gasteiger partial charge in [-0.1, -0.05) is 25.1 Å². The van der Waals surface area contributed by atoms with Gasteiger partial charge in [0.2, 0.25) is 0 Å². The summed E-state index contributed by atoms with van der Waals surface area (Å²) in [6, 6.07) is 7.15. The molecule has 1 aromatic rings. The van der Waals surface area contributed by atoms with Gasteiger partial charge in [0, 0.05) is 12.1 Å². The van der Waals surface area contributed by atoms with E-state index in [-0.39, 0.29) is 12.4 Å². The Kier molecular flexibility index (Phi) is 4.28. The fraction of sp³-hybridized carbons (Fsp3) is 0.571. The quantitative estimate of drug-likeness (QED) is 0.858. The Morgan fingerprint density at radius 2 is 2.11 bits per heavy atom.